The predicted molar refractivity (Wildman–Crippen MR) is 121 cm³/mol. The number of nitrogens with one attached hydrogen (secondary N) is 1. The average molecular weight is 441 g/mol. The molecule has 4 fully saturated rings. The van der Waals surface area contributed by atoms with E-state index in [-0.39, 0.29) is 17.6 Å². The predicted octanol–water partition coefficient (Wildman–Crippen LogP) is 4.62. The zero-order valence-electron chi connectivity index (χ0n) is 18.4. The van der Waals surface area contributed by atoms with Crippen molar-refractivity contribution in [3.05, 3.63) is 36.2 Å². The molecule has 6 rings (SSSR count). The van der Waals surface area contributed by atoms with Gasteiger partial charge >= 0.3 is 0 Å². The zero-order valence-corrected chi connectivity index (χ0v) is 19.2. The van der Waals surface area contributed by atoms with Gasteiger partial charge in [0.15, 0.2) is 17.1 Å². The molecule has 0 aliphatic heterocycles. The van der Waals surface area contributed by atoms with Gasteiger partial charge < -0.3 is 14.6 Å². The molecule has 1 aromatic carbocycles. The van der Waals surface area contributed by atoms with Crippen LogP contribution in [0.4, 0.5) is 0 Å². The molecule has 4 saturated carbocycles. The number of carbonyl (C=O) groups excluding carboxylic acids is 1. The Kier molecular flexibility index (Phi) is 5.71. The molecule has 4 aliphatic rings. The number of hydrogen-bond acceptors (Lipinski definition) is 5. The molecule has 1 atom stereocenters. The first-order chi connectivity index (χ1) is 15.0. The smallest absolute Gasteiger partial charge is 0.230 e. The molecule has 1 aromatic heterocycles. The van der Waals surface area contributed by atoms with Crippen LogP contribution in [0.25, 0.3) is 0 Å². The minimum atomic E-state index is -0.218. The minimum absolute atomic E-state index is 0.0635. The highest BCUT2D eigenvalue weighted by Crippen LogP contribution is 2.55. The van der Waals surface area contributed by atoms with E-state index in [4.69, 9.17) is 4.74 Å². The number of carbonyl (C=O) groups is 1. The Morgan fingerprint density at radius 3 is 2.42 bits per heavy atom. The lowest BCUT2D eigenvalue weighted by Crippen LogP contribution is -2.60. The van der Waals surface area contributed by atoms with E-state index in [0.29, 0.717) is 5.75 Å². The summed E-state index contributed by atoms with van der Waals surface area (Å²) in [6.45, 7) is 4.79. The van der Waals surface area contributed by atoms with E-state index in [1.54, 1.807) is 0 Å². The van der Waals surface area contributed by atoms with Gasteiger partial charge in [0, 0.05) is 12.1 Å². The monoisotopic (exact) mass is 440 g/mol. The van der Waals surface area contributed by atoms with Gasteiger partial charge in [0.2, 0.25) is 5.91 Å². The molecular formula is C24H32N4O2S. The van der Waals surface area contributed by atoms with Crippen molar-refractivity contribution in [2.75, 3.05) is 5.75 Å². The molecule has 166 valence electrons. The number of thioether (sulfide) groups is 1. The van der Waals surface area contributed by atoms with Crippen molar-refractivity contribution in [3.8, 4) is 5.75 Å². The molecular weight excluding hydrogens is 408 g/mol. The summed E-state index contributed by atoms with van der Waals surface area (Å²) < 4.78 is 8.08. The number of nitrogens with zero attached hydrogens (tertiary/aromatic N) is 3. The SMILES string of the molecule is CCn1c(SCC(=O)NC23CC4CC(CC(C4)C2)C3)nnc1C(C)Oc1ccccc1. The van der Waals surface area contributed by atoms with Crippen molar-refractivity contribution in [3.63, 3.8) is 0 Å². The maximum atomic E-state index is 12.9. The summed E-state index contributed by atoms with van der Waals surface area (Å²) in [5, 5.41) is 13.0. The Morgan fingerprint density at radius 2 is 1.81 bits per heavy atom. The topological polar surface area (TPSA) is 69.0 Å². The van der Waals surface area contributed by atoms with E-state index in [9.17, 15) is 4.79 Å². The minimum Gasteiger partial charge on any atom is -0.483 e. The van der Waals surface area contributed by atoms with Crippen molar-refractivity contribution < 1.29 is 9.53 Å². The first-order valence-electron chi connectivity index (χ1n) is 11.6. The Labute approximate surface area is 188 Å². The van der Waals surface area contributed by atoms with Gasteiger partial charge in [-0.05, 0) is 82.3 Å². The summed E-state index contributed by atoms with van der Waals surface area (Å²) in [6.07, 6.45) is 7.47. The van der Waals surface area contributed by atoms with Crippen LogP contribution in [0.1, 0.15) is 64.3 Å². The van der Waals surface area contributed by atoms with Crippen LogP contribution in [0.2, 0.25) is 0 Å². The van der Waals surface area contributed by atoms with Gasteiger partial charge in [0.05, 0.1) is 5.75 Å². The van der Waals surface area contributed by atoms with Crippen molar-refractivity contribution in [2.45, 2.75) is 75.7 Å². The van der Waals surface area contributed by atoms with E-state index in [2.05, 4.69) is 27.0 Å². The molecule has 31 heavy (non-hydrogen) atoms. The second-order valence-corrected chi connectivity index (χ2v) is 10.6. The van der Waals surface area contributed by atoms with Gasteiger partial charge in [-0.15, -0.1) is 10.2 Å². The maximum Gasteiger partial charge on any atom is 0.230 e. The van der Waals surface area contributed by atoms with E-state index >= 15 is 0 Å². The molecule has 2 aromatic rings. The van der Waals surface area contributed by atoms with E-state index in [1.165, 1.54) is 50.3 Å². The molecule has 1 unspecified atom stereocenters. The van der Waals surface area contributed by atoms with Crippen LogP contribution >= 0.6 is 11.8 Å². The van der Waals surface area contributed by atoms with Crippen molar-refractivity contribution in [1.82, 2.24) is 20.1 Å². The lowest BCUT2D eigenvalue weighted by molar-refractivity contribution is -0.124. The van der Waals surface area contributed by atoms with Crippen LogP contribution in [0.3, 0.4) is 0 Å². The fraction of sp³-hybridized carbons (Fsp3) is 0.625. The quantitative estimate of drug-likeness (QED) is 0.607. The fourth-order valence-electron chi connectivity index (χ4n) is 6.49. The average Bonchev–Trinajstić information content (AvgIpc) is 3.15. The number of benzene rings is 1. The van der Waals surface area contributed by atoms with Crippen molar-refractivity contribution >= 4 is 17.7 Å². The Bertz CT molecular complexity index is 894. The molecule has 7 heteroatoms. The van der Waals surface area contributed by atoms with Gasteiger partial charge in [-0.3, -0.25) is 4.79 Å². The summed E-state index contributed by atoms with van der Waals surface area (Å²) in [6, 6.07) is 9.75. The van der Waals surface area contributed by atoms with Crippen LogP contribution < -0.4 is 10.1 Å². The summed E-state index contributed by atoms with van der Waals surface area (Å²) in [4.78, 5) is 12.9. The summed E-state index contributed by atoms with van der Waals surface area (Å²) >= 11 is 1.47. The molecule has 4 aliphatic carbocycles. The zero-order chi connectivity index (χ0) is 21.4. The lowest BCUT2D eigenvalue weighted by atomic mass is 9.53. The molecule has 0 radical (unpaired) electrons. The van der Waals surface area contributed by atoms with Crippen LogP contribution in [0.15, 0.2) is 35.5 Å². The second-order valence-electron chi connectivity index (χ2n) is 9.69. The highest BCUT2D eigenvalue weighted by atomic mass is 32.2. The molecule has 1 amide bonds. The number of hydrogen-bond donors (Lipinski definition) is 1. The van der Waals surface area contributed by atoms with Crippen LogP contribution in [0, 0.1) is 17.8 Å². The third-order valence-electron chi connectivity index (χ3n) is 7.26. The number of para-hydroxylation sites is 1. The number of rotatable bonds is 8. The first-order valence-corrected chi connectivity index (χ1v) is 12.6. The van der Waals surface area contributed by atoms with E-state index in [1.807, 2.05) is 37.3 Å². The van der Waals surface area contributed by atoms with Crippen LogP contribution in [-0.4, -0.2) is 32.0 Å². The normalized spacial score (nSPS) is 29.7. The van der Waals surface area contributed by atoms with Gasteiger partial charge in [0.1, 0.15) is 5.75 Å². The van der Waals surface area contributed by atoms with Crippen molar-refractivity contribution in [1.29, 1.82) is 0 Å². The van der Waals surface area contributed by atoms with Crippen LogP contribution in [-0.2, 0) is 11.3 Å². The summed E-state index contributed by atoms with van der Waals surface area (Å²) in [5.74, 6) is 4.60. The molecule has 1 N–H and O–H groups in total. The van der Waals surface area contributed by atoms with Gasteiger partial charge in [-0.1, -0.05) is 30.0 Å². The number of amides is 1. The lowest BCUT2D eigenvalue weighted by Gasteiger charge is -2.56. The van der Waals surface area contributed by atoms with Crippen LogP contribution in [0.5, 0.6) is 5.75 Å². The van der Waals surface area contributed by atoms with E-state index in [0.717, 1.165) is 41.0 Å². The standard InChI is InChI=1S/C24H32N4O2S/c1-3-28-22(16(2)30-20-7-5-4-6-8-20)26-27-23(28)31-15-21(29)25-24-12-17-9-18(13-24)11-19(10-17)14-24/h4-8,16-19H,3,9-15H2,1-2H3,(H,25,29). The highest BCUT2D eigenvalue weighted by Gasteiger charge is 2.51. The van der Waals surface area contributed by atoms with Gasteiger partial charge in [-0.2, -0.15) is 0 Å². The molecule has 1 heterocycles. The summed E-state index contributed by atoms with van der Waals surface area (Å²) in [5.41, 5.74) is 0.0635. The number of aromatic nitrogens is 3. The second kappa shape index (κ2) is 8.49. The largest absolute Gasteiger partial charge is 0.483 e. The maximum absolute atomic E-state index is 12.9. The Morgan fingerprint density at radius 1 is 1.16 bits per heavy atom. The molecule has 6 nitrogen and oxygen atoms in total. The van der Waals surface area contributed by atoms with Crippen molar-refractivity contribution in [2.24, 2.45) is 17.8 Å². The Hall–Kier alpha value is -2.02. The third-order valence-corrected chi connectivity index (χ3v) is 8.22. The number of ether oxygens (including phenoxy) is 1. The first kappa shape index (κ1) is 20.9. The third kappa shape index (κ3) is 4.34. The molecule has 0 saturated heterocycles. The Balaban J connectivity index is 1.20. The van der Waals surface area contributed by atoms with Gasteiger partial charge in [0.25, 0.3) is 0 Å². The summed E-state index contributed by atoms with van der Waals surface area (Å²) in [7, 11) is 0. The molecule has 4 bridgehead atoms. The van der Waals surface area contributed by atoms with E-state index < -0.39 is 0 Å². The molecule has 0 spiro atoms. The highest BCUT2D eigenvalue weighted by molar-refractivity contribution is 7.99. The fourth-order valence-corrected chi connectivity index (χ4v) is 7.30. The van der Waals surface area contributed by atoms with Gasteiger partial charge in [-0.25, -0.2) is 0 Å².